The molecule has 0 aromatic heterocycles. The van der Waals surface area contributed by atoms with Crippen LogP contribution in [-0.2, 0) is 0 Å². The molecule has 4 unspecified atom stereocenters. The third-order valence-electron chi connectivity index (χ3n) is 5.36. The van der Waals surface area contributed by atoms with Crippen LogP contribution in [0.15, 0.2) is 0 Å². The molecule has 19 heavy (non-hydrogen) atoms. The predicted octanol–water partition coefficient (Wildman–Crippen LogP) is 3.52. The lowest BCUT2D eigenvalue weighted by Gasteiger charge is -2.46. The van der Waals surface area contributed by atoms with Gasteiger partial charge in [-0.15, -0.1) is 0 Å². The van der Waals surface area contributed by atoms with Crippen LogP contribution in [0, 0.1) is 17.8 Å². The van der Waals surface area contributed by atoms with Crippen molar-refractivity contribution in [3.05, 3.63) is 0 Å². The summed E-state index contributed by atoms with van der Waals surface area (Å²) in [5.41, 5.74) is 0. The second-order valence-corrected chi connectivity index (χ2v) is 7.34. The molecule has 112 valence electrons. The van der Waals surface area contributed by atoms with Crippen LogP contribution in [0.3, 0.4) is 0 Å². The summed E-state index contributed by atoms with van der Waals surface area (Å²) >= 11 is 0. The van der Waals surface area contributed by atoms with Crippen LogP contribution in [0.25, 0.3) is 0 Å². The van der Waals surface area contributed by atoms with E-state index in [9.17, 15) is 0 Å². The lowest BCUT2D eigenvalue weighted by atomic mass is 9.75. The van der Waals surface area contributed by atoms with Crippen molar-refractivity contribution < 1.29 is 0 Å². The molecule has 2 rings (SSSR count). The maximum absolute atomic E-state index is 3.83. The number of rotatable bonds is 6. The van der Waals surface area contributed by atoms with Crippen LogP contribution < -0.4 is 5.32 Å². The normalized spacial score (nSPS) is 36.5. The summed E-state index contributed by atoms with van der Waals surface area (Å²) in [5.74, 6) is 2.71. The van der Waals surface area contributed by atoms with Crippen molar-refractivity contribution in [3.8, 4) is 0 Å². The Morgan fingerprint density at radius 2 is 1.89 bits per heavy atom. The van der Waals surface area contributed by atoms with Crippen molar-refractivity contribution in [1.29, 1.82) is 0 Å². The lowest BCUT2D eigenvalue weighted by molar-refractivity contribution is 0.0582. The van der Waals surface area contributed by atoms with Crippen molar-refractivity contribution in [3.63, 3.8) is 0 Å². The second-order valence-electron chi connectivity index (χ2n) is 7.34. The fourth-order valence-corrected chi connectivity index (χ4v) is 4.32. The molecule has 2 aliphatic carbocycles. The van der Waals surface area contributed by atoms with Crippen molar-refractivity contribution in [2.75, 3.05) is 20.1 Å². The highest BCUT2D eigenvalue weighted by Gasteiger charge is 2.37. The van der Waals surface area contributed by atoms with Crippen LogP contribution in [0.5, 0.6) is 0 Å². The quantitative estimate of drug-likeness (QED) is 0.791. The zero-order valence-corrected chi connectivity index (χ0v) is 13.5. The van der Waals surface area contributed by atoms with Gasteiger partial charge in [0, 0.05) is 18.6 Å². The third-order valence-corrected chi connectivity index (χ3v) is 5.36. The highest BCUT2D eigenvalue weighted by molar-refractivity contribution is 4.94. The summed E-state index contributed by atoms with van der Waals surface area (Å²) < 4.78 is 0. The van der Waals surface area contributed by atoms with Crippen molar-refractivity contribution in [2.24, 2.45) is 17.8 Å². The van der Waals surface area contributed by atoms with Gasteiger partial charge in [0.25, 0.3) is 0 Å². The summed E-state index contributed by atoms with van der Waals surface area (Å²) in [7, 11) is 2.37. The van der Waals surface area contributed by atoms with E-state index in [0.717, 1.165) is 23.8 Å². The van der Waals surface area contributed by atoms with Crippen LogP contribution in [0.4, 0.5) is 0 Å². The maximum Gasteiger partial charge on any atom is 0.0272 e. The van der Waals surface area contributed by atoms with Crippen molar-refractivity contribution in [1.82, 2.24) is 10.2 Å². The summed E-state index contributed by atoms with van der Waals surface area (Å²) in [6.45, 7) is 9.68. The molecule has 0 amide bonds. The molecule has 2 heteroatoms. The number of nitrogens with one attached hydrogen (secondary N) is 1. The Kier molecular flexibility index (Phi) is 5.70. The Balaban J connectivity index is 1.94. The SMILES string of the molecule is CCCNC1CC(C)CC(C)C1N(C)CC1CCC1. The molecule has 0 aliphatic heterocycles. The molecule has 2 saturated carbocycles. The van der Waals surface area contributed by atoms with Crippen molar-refractivity contribution in [2.45, 2.75) is 71.4 Å². The molecule has 0 spiro atoms. The van der Waals surface area contributed by atoms with E-state index in [2.05, 4.69) is 38.0 Å². The van der Waals surface area contributed by atoms with Crippen LogP contribution in [0.2, 0.25) is 0 Å². The largest absolute Gasteiger partial charge is 0.312 e. The minimum absolute atomic E-state index is 0.712. The molecule has 0 aromatic rings. The van der Waals surface area contributed by atoms with E-state index in [0.29, 0.717) is 6.04 Å². The van der Waals surface area contributed by atoms with Gasteiger partial charge in [0.05, 0.1) is 0 Å². The van der Waals surface area contributed by atoms with Gasteiger partial charge in [-0.3, -0.25) is 0 Å². The Morgan fingerprint density at radius 1 is 1.16 bits per heavy atom. The Labute approximate surface area is 120 Å². The topological polar surface area (TPSA) is 15.3 Å². The van der Waals surface area contributed by atoms with Gasteiger partial charge in [-0.2, -0.15) is 0 Å². The van der Waals surface area contributed by atoms with Gasteiger partial charge in [-0.05, 0) is 63.5 Å². The zero-order valence-electron chi connectivity index (χ0n) is 13.5. The molecule has 0 saturated heterocycles. The van der Waals surface area contributed by atoms with Crippen LogP contribution >= 0.6 is 0 Å². The standard InChI is InChI=1S/C17H34N2/c1-5-9-18-16-11-13(2)10-14(3)17(16)19(4)12-15-7-6-8-15/h13-18H,5-12H2,1-4H3. The van der Waals surface area contributed by atoms with E-state index < -0.39 is 0 Å². The zero-order chi connectivity index (χ0) is 13.8. The Morgan fingerprint density at radius 3 is 2.47 bits per heavy atom. The van der Waals surface area contributed by atoms with E-state index in [1.54, 1.807) is 0 Å². The van der Waals surface area contributed by atoms with E-state index in [-0.39, 0.29) is 0 Å². The lowest BCUT2D eigenvalue weighted by Crippen LogP contribution is -2.56. The molecule has 0 aromatic carbocycles. The molecule has 0 bridgehead atoms. The monoisotopic (exact) mass is 266 g/mol. The van der Waals surface area contributed by atoms with Crippen LogP contribution in [0.1, 0.15) is 59.3 Å². The highest BCUT2D eigenvalue weighted by Crippen LogP contribution is 2.34. The number of likely N-dealkylation sites (N-methyl/N-ethyl adjacent to an activating group) is 1. The van der Waals surface area contributed by atoms with Gasteiger partial charge >= 0.3 is 0 Å². The van der Waals surface area contributed by atoms with Gasteiger partial charge in [0.1, 0.15) is 0 Å². The van der Waals surface area contributed by atoms with Gasteiger partial charge < -0.3 is 10.2 Å². The number of hydrogen-bond donors (Lipinski definition) is 1. The summed E-state index contributed by atoms with van der Waals surface area (Å²) in [6.07, 6.45) is 8.42. The predicted molar refractivity (Wildman–Crippen MR) is 83.4 cm³/mol. The molecular weight excluding hydrogens is 232 g/mol. The first kappa shape index (κ1) is 15.3. The average Bonchev–Trinajstić information content (AvgIpc) is 2.30. The molecular formula is C17H34N2. The van der Waals surface area contributed by atoms with Gasteiger partial charge in [0.2, 0.25) is 0 Å². The summed E-state index contributed by atoms with van der Waals surface area (Å²) in [5, 5.41) is 3.83. The van der Waals surface area contributed by atoms with E-state index in [1.165, 1.54) is 51.6 Å². The fourth-order valence-electron chi connectivity index (χ4n) is 4.32. The Hall–Kier alpha value is -0.0800. The number of hydrogen-bond acceptors (Lipinski definition) is 2. The minimum Gasteiger partial charge on any atom is -0.312 e. The average molecular weight is 266 g/mol. The second kappa shape index (κ2) is 7.08. The smallest absolute Gasteiger partial charge is 0.0272 e. The first-order valence-corrected chi connectivity index (χ1v) is 8.55. The minimum atomic E-state index is 0.712. The summed E-state index contributed by atoms with van der Waals surface area (Å²) in [6, 6.07) is 1.46. The molecule has 2 nitrogen and oxygen atoms in total. The van der Waals surface area contributed by atoms with E-state index >= 15 is 0 Å². The van der Waals surface area contributed by atoms with Gasteiger partial charge in [-0.1, -0.05) is 27.2 Å². The first-order chi connectivity index (χ1) is 9.11. The molecule has 0 heterocycles. The fraction of sp³-hybridized carbons (Fsp3) is 1.00. The third kappa shape index (κ3) is 3.95. The van der Waals surface area contributed by atoms with E-state index in [4.69, 9.17) is 0 Å². The molecule has 0 radical (unpaired) electrons. The number of nitrogens with zero attached hydrogens (tertiary/aromatic N) is 1. The molecule has 2 fully saturated rings. The van der Waals surface area contributed by atoms with Crippen molar-refractivity contribution >= 4 is 0 Å². The van der Waals surface area contributed by atoms with Gasteiger partial charge in [0.15, 0.2) is 0 Å². The molecule has 2 aliphatic rings. The molecule has 4 atom stereocenters. The summed E-state index contributed by atoms with van der Waals surface area (Å²) in [4.78, 5) is 2.69. The highest BCUT2D eigenvalue weighted by atomic mass is 15.2. The van der Waals surface area contributed by atoms with Gasteiger partial charge in [-0.25, -0.2) is 0 Å². The molecule has 1 N–H and O–H groups in total. The first-order valence-electron chi connectivity index (χ1n) is 8.55. The maximum atomic E-state index is 3.83. The van der Waals surface area contributed by atoms with Crippen LogP contribution in [-0.4, -0.2) is 37.1 Å². The Bertz CT molecular complexity index is 262. The van der Waals surface area contributed by atoms with E-state index in [1.807, 2.05) is 0 Å².